The fraction of sp³-hybridized carbons (Fsp3) is 0.391. The van der Waals surface area contributed by atoms with Crippen molar-refractivity contribution in [2.45, 2.75) is 5.66 Å². The molecule has 0 amide bonds. The summed E-state index contributed by atoms with van der Waals surface area (Å²) in [5.41, 5.74) is 6.16. The summed E-state index contributed by atoms with van der Waals surface area (Å²) in [4.78, 5) is 20.3. The average molecular weight is 492 g/mol. The number of ketones is 1. The largest absolute Gasteiger partial charge is 0.493 e. The third kappa shape index (κ3) is 4.84. The van der Waals surface area contributed by atoms with Crippen molar-refractivity contribution in [1.82, 2.24) is 10.2 Å². The molecular weight excluding hydrogens is 462 g/mol. The number of rotatable bonds is 7. The lowest BCUT2D eigenvalue weighted by Crippen LogP contribution is -2.55. The van der Waals surface area contributed by atoms with Crippen LogP contribution in [-0.2, 0) is 10.5 Å². The third-order valence-electron chi connectivity index (χ3n) is 5.73. The molecule has 2 aliphatic heterocycles. The summed E-state index contributed by atoms with van der Waals surface area (Å²) in [6.07, 6.45) is 0. The van der Waals surface area contributed by atoms with E-state index >= 15 is 0 Å². The van der Waals surface area contributed by atoms with Crippen molar-refractivity contribution in [3.8, 4) is 23.0 Å². The second-order valence-electron chi connectivity index (χ2n) is 7.68. The van der Waals surface area contributed by atoms with Crippen molar-refractivity contribution in [1.29, 1.82) is 0 Å². The summed E-state index contributed by atoms with van der Waals surface area (Å²) in [5.74, 6) is 2.07. The first-order valence-corrected chi connectivity index (χ1v) is 10.7. The highest BCUT2D eigenvalue weighted by molar-refractivity contribution is 6.03. The zero-order valence-electron chi connectivity index (χ0n) is 19.4. The Labute approximate surface area is 204 Å². The summed E-state index contributed by atoms with van der Waals surface area (Å²) < 4.78 is 22.0. The summed E-state index contributed by atoms with van der Waals surface area (Å²) in [6.45, 7) is 2.79. The highest BCUT2D eigenvalue weighted by atomic mass is 35.5. The topological polar surface area (TPSA) is 120 Å². The molecule has 1 unspecified atom stereocenters. The van der Waals surface area contributed by atoms with Gasteiger partial charge in [0, 0.05) is 37.8 Å². The average Bonchev–Trinajstić information content (AvgIpc) is 2.87. The maximum atomic E-state index is 13.5. The van der Waals surface area contributed by atoms with E-state index in [0.717, 1.165) is 26.2 Å². The van der Waals surface area contributed by atoms with Crippen molar-refractivity contribution in [2.24, 2.45) is 10.7 Å². The highest BCUT2D eigenvalue weighted by Gasteiger charge is 2.43. The van der Waals surface area contributed by atoms with Gasteiger partial charge in [-0.15, -0.1) is 12.4 Å². The van der Waals surface area contributed by atoms with Crippen LogP contribution in [0.25, 0.3) is 0 Å². The van der Waals surface area contributed by atoms with Gasteiger partial charge in [0.15, 0.2) is 29.6 Å². The number of anilines is 1. The van der Waals surface area contributed by atoms with E-state index in [1.165, 1.54) is 7.11 Å². The number of fused-ring (bicyclic) bond motifs is 1. The quantitative estimate of drug-likeness (QED) is 0.530. The molecule has 2 aromatic rings. The van der Waals surface area contributed by atoms with E-state index in [1.54, 1.807) is 44.6 Å². The summed E-state index contributed by atoms with van der Waals surface area (Å²) in [7, 11) is 4.63. The van der Waals surface area contributed by atoms with Crippen molar-refractivity contribution < 1.29 is 23.7 Å². The van der Waals surface area contributed by atoms with Crippen LogP contribution in [0.1, 0.15) is 5.56 Å². The normalized spacial score (nSPS) is 19.1. The maximum absolute atomic E-state index is 13.5. The number of carbonyl (C=O) groups is 1. The molecule has 4 N–H and O–H groups in total. The second kappa shape index (κ2) is 10.8. The number of piperazine rings is 1. The lowest BCUT2D eigenvalue weighted by molar-refractivity contribution is -0.126. The number of carbonyl (C=O) groups excluding carboxylic acids is 1. The van der Waals surface area contributed by atoms with Crippen molar-refractivity contribution in [3.05, 3.63) is 42.0 Å². The minimum absolute atomic E-state index is 0. The molecule has 0 aromatic heterocycles. The van der Waals surface area contributed by atoms with Gasteiger partial charge in [-0.1, -0.05) is 12.1 Å². The van der Waals surface area contributed by atoms with E-state index in [1.807, 2.05) is 6.07 Å². The predicted molar refractivity (Wildman–Crippen MR) is 132 cm³/mol. The monoisotopic (exact) mass is 491 g/mol. The van der Waals surface area contributed by atoms with Crippen LogP contribution < -0.4 is 35.3 Å². The van der Waals surface area contributed by atoms with E-state index < -0.39 is 11.4 Å². The predicted octanol–water partition coefficient (Wildman–Crippen LogP) is 1.58. The van der Waals surface area contributed by atoms with Crippen LogP contribution in [0.2, 0.25) is 0 Å². The number of nitrogens with two attached hydrogens (primary N) is 1. The molecular formula is C23H30ClN5O5. The molecule has 10 nitrogen and oxygen atoms in total. The third-order valence-corrected chi connectivity index (χ3v) is 5.73. The van der Waals surface area contributed by atoms with Crippen molar-refractivity contribution in [3.63, 3.8) is 0 Å². The van der Waals surface area contributed by atoms with Crippen LogP contribution in [0.5, 0.6) is 23.0 Å². The Kier molecular flexibility index (Phi) is 8.08. The first-order chi connectivity index (χ1) is 16.0. The highest BCUT2D eigenvalue weighted by Crippen LogP contribution is 2.41. The number of Topliss-reactive ketones (excluding diaryl/α,β-unsaturated/α-hetero) is 1. The number of methoxy groups -OCH3 is 3. The minimum Gasteiger partial charge on any atom is -0.493 e. The number of nitrogens with one attached hydrogen (secondary N) is 2. The summed E-state index contributed by atoms with van der Waals surface area (Å²) in [5, 5.41) is 6.62. The Bertz CT molecular complexity index is 1060. The first-order valence-electron chi connectivity index (χ1n) is 10.7. The van der Waals surface area contributed by atoms with Crippen LogP contribution in [0, 0.1) is 0 Å². The van der Waals surface area contributed by atoms with E-state index in [-0.39, 0.29) is 19.0 Å². The maximum Gasteiger partial charge on any atom is 0.216 e. The van der Waals surface area contributed by atoms with Gasteiger partial charge in [0.2, 0.25) is 17.4 Å². The Morgan fingerprint density at radius 2 is 1.65 bits per heavy atom. The Morgan fingerprint density at radius 3 is 2.29 bits per heavy atom. The van der Waals surface area contributed by atoms with Crippen molar-refractivity contribution in [2.75, 3.05) is 59.4 Å². The molecule has 0 aliphatic carbocycles. The number of ether oxygens (including phenoxy) is 4. The lowest BCUT2D eigenvalue weighted by atomic mass is 9.92. The number of guanidine groups is 1. The van der Waals surface area contributed by atoms with Crippen LogP contribution in [0.15, 0.2) is 41.4 Å². The summed E-state index contributed by atoms with van der Waals surface area (Å²) in [6, 6.07) is 10.6. The van der Waals surface area contributed by atoms with Gasteiger partial charge >= 0.3 is 0 Å². The number of benzene rings is 2. The second-order valence-corrected chi connectivity index (χ2v) is 7.68. The van der Waals surface area contributed by atoms with E-state index in [2.05, 4.69) is 20.5 Å². The molecule has 1 fully saturated rings. The molecule has 4 rings (SSSR count). The van der Waals surface area contributed by atoms with Crippen LogP contribution in [0.3, 0.4) is 0 Å². The SMILES string of the molecule is COc1cc2c(cc1OC)C(N)(C(=O)COc1ccccc1OC)N=C(N1CCNCC1)N2.Cl. The molecule has 2 aliphatic rings. The van der Waals surface area contributed by atoms with Crippen molar-refractivity contribution >= 4 is 29.8 Å². The molecule has 0 radical (unpaired) electrons. The van der Waals surface area contributed by atoms with Gasteiger partial charge in [-0.05, 0) is 18.2 Å². The van der Waals surface area contributed by atoms with Gasteiger partial charge in [0.25, 0.3) is 0 Å². The zero-order chi connectivity index (χ0) is 23.4. The lowest BCUT2D eigenvalue weighted by Gasteiger charge is -2.38. The molecule has 0 spiro atoms. The van der Waals surface area contributed by atoms with Gasteiger partial charge < -0.3 is 34.5 Å². The fourth-order valence-electron chi connectivity index (χ4n) is 3.90. The van der Waals surface area contributed by atoms with Gasteiger partial charge in [-0.2, -0.15) is 0 Å². The van der Waals surface area contributed by atoms with Crippen LogP contribution >= 0.6 is 12.4 Å². The van der Waals surface area contributed by atoms with Gasteiger partial charge in [-0.3, -0.25) is 10.5 Å². The number of aliphatic imine (C=N–C) groups is 1. The standard InChI is InChI=1S/C23H29N5O5.ClH/c1-30-17-6-4-5-7-18(17)33-14-21(29)23(24)15-12-19(31-2)20(32-3)13-16(15)26-22(27-23)28-10-8-25-9-11-28;/h4-7,12-13,25H,8-11,14,24H2,1-3H3,(H,26,27);1H. The van der Waals surface area contributed by atoms with Crippen LogP contribution in [-0.4, -0.2) is 70.8 Å². The van der Waals surface area contributed by atoms with E-state index in [4.69, 9.17) is 24.7 Å². The Hall–Kier alpha value is -3.21. The van der Waals surface area contributed by atoms with Crippen LogP contribution in [0.4, 0.5) is 5.69 Å². The number of nitrogens with zero attached hydrogens (tertiary/aromatic N) is 2. The molecule has 0 saturated carbocycles. The van der Waals surface area contributed by atoms with E-state index in [0.29, 0.717) is 40.2 Å². The number of halogens is 1. The molecule has 1 saturated heterocycles. The zero-order valence-corrected chi connectivity index (χ0v) is 20.2. The molecule has 1 atom stereocenters. The van der Waals surface area contributed by atoms with Gasteiger partial charge in [0.1, 0.15) is 0 Å². The van der Waals surface area contributed by atoms with Gasteiger partial charge in [-0.25, -0.2) is 4.99 Å². The smallest absolute Gasteiger partial charge is 0.216 e. The molecule has 11 heteroatoms. The Balaban J connectivity index is 0.00000324. The fourth-order valence-corrected chi connectivity index (χ4v) is 3.90. The molecule has 184 valence electrons. The number of para-hydroxylation sites is 2. The summed E-state index contributed by atoms with van der Waals surface area (Å²) >= 11 is 0. The number of hydrogen-bond acceptors (Lipinski definition) is 10. The molecule has 2 heterocycles. The number of hydrogen-bond donors (Lipinski definition) is 3. The molecule has 2 aromatic carbocycles. The minimum atomic E-state index is -1.68. The first kappa shape index (κ1) is 25.4. The van der Waals surface area contributed by atoms with E-state index in [9.17, 15) is 4.79 Å². The Morgan fingerprint density at radius 1 is 1.03 bits per heavy atom. The molecule has 34 heavy (non-hydrogen) atoms. The van der Waals surface area contributed by atoms with Gasteiger partial charge in [0.05, 0.1) is 27.0 Å². The molecule has 0 bridgehead atoms.